The molecule has 0 aromatic rings. The molecule has 0 aliphatic heterocycles. The first-order chi connectivity index (χ1) is 6.29. The maximum absolute atomic E-state index is 3.74. The van der Waals surface area contributed by atoms with Crippen molar-refractivity contribution in [2.75, 3.05) is 0 Å². The van der Waals surface area contributed by atoms with Gasteiger partial charge in [-0.1, -0.05) is 62.3 Å². The highest BCUT2D eigenvalue weighted by Crippen LogP contribution is 2.12. The maximum Gasteiger partial charge on any atom is -0.0190 e. The Morgan fingerprint density at radius 2 is 1.46 bits per heavy atom. The summed E-state index contributed by atoms with van der Waals surface area (Å²) in [5, 5.41) is 0. The lowest BCUT2D eigenvalue weighted by Crippen LogP contribution is -1.80. The Morgan fingerprint density at radius 1 is 0.923 bits per heavy atom. The molecule has 0 heteroatoms. The monoisotopic (exact) mass is 172 g/mol. The van der Waals surface area contributed by atoms with Crippen molar-refractivity contribution in [2.24, 2.45) is 0 Å². The molecule has 0 bridgehead atoms. The fourth-order valence-corrected chi connectivity index (χ4v) is 0.891. The Balaban J connectivity index is 4.93. The zero-order valence-corrected chi connectivity index (χ0v) is 8.16. The van der Waals surface area contributed by atoms with Crippen LogP contribution in [0.15, 0.2) is 73.4 Å². The van der Waals surface area contributed by atoms with Gasteiger partial charge < -0.3 is 0 Å². The standard InChI is InChI=1S/C13H16/c1-5-9-11-13(8-4)12(7-3)10-6-2/h5-11H,2-4H2,1H3/b9-5-,12-10-,13-11-. The average molecular weight is 172 g/mol. The van der Waals surface area contributed by atoms with Gasteiger partial charge in [0.1, 0.15) is 0 Å². The number of hydrogen-bond donors (Lipinski definition) is 0. The SMILES string of the molecule is C=C\C=C(C=C)/C(C=C)=C\C=C/C. The van der Waals surface area contributed by atoms with Crippen molar-refractivity contribution in [1.29, 1.82) is 0 Å². The topological polar surface area (TPSA) is 0 Å². The summed E-state index contributed by atoms with van der Waals surface area (Å²) >= 11 is 0. The second-order valence-corrected chi connectivity index (χ2v) is 2.41. The highest BCUT2D eigenvalue weighted by atomic mass is 14.0. The maximum atomic E-state index is 3.74. The van der Waals surface area contributed by atoms with E-state index in [9.17, 15) is 0 Å². The molecule has 68 valence electrons. The Bertz CT molecular complexity index is 272. The molecule has 0 aromatic heterocycles. The largest absolute Gasteiger partial charge is 0.0990 e. The Morgan fingerprint density at radius 3 is 1.85 bits per heavy atom. The molecule has 0 aliphatic carbocycles. The summed E-state index contributed by atoms with van der Waals surface area (Å²) in [6.45, 7) is 13.1. The van der Waals surface area contributed by atoms with Crippen molar-refractivity contribution in [3.05, 3.63) is 73.4 Å². The van der Waals surface area contributed by atoms with E-state index in [4.69, 9.17) is 0 Å². The molecular weight excluding hydrogens is 156 g/mol. The zero-order chi connectivity index (χ0) is 10.1. The van der Waals surface area contributed by atoms with Crippen LogP contribution in [0.4, 0.5) is 0 Å². The molecular formula is C13H16. The van der Waals surface area contributed by atoms with Crippen molar-refractivity contribution in [2.45, 2.75) is 6.92 Å². The van der Waals surface area contributed by atoms with E-state index in [2.05, 4.69) is 19.7 Å². The van der Waals surface area contributed by atoms with Crippen LogP contribution >= 0.6 is 0 Å². The summed E-state index contributed by atoms with van der Waals surface area (Å²) in [5.41, 5.74) is 2.08. The van der Waals surface area contributed by atoms with E-state index in [1.165, 1.54) is 0 Å². The van der Waals surface area contributed by atoms with Crippen molar-refractivity contribution in [3.63, 3.8) is 0 Å². The van der Waals surface area contributed by atoms with Crippen LogP contribution in [0.25, 0.3) is 0 Å². The van der Waals surface area contributed by atoms with E-state index in [0.29, 0.717) is 0 Å². The van der Waals surface area contributed by atoms with Gasteiger partial charge in [-0.05, 0) is 18.1 Å². The van der Waals surface area contributed by atoms with E-state index in [1.54, 1.807) is 18.2 Å². The second-order valence-electron chi connectivity index (χ2n) is 2.41. The molecule has 0 unspecified atom stereocenters. The molecule has 0 saturated heterocycles. The van der Waals surface area contributed by atoms with Gasteiger partial charge in [0.25, 0.3) is 0 Å². The first-order valence-corrected chi connectivity index (χ1v) is 4.21. The molecule has 0 saturated carbocycles. The van der Waals surface area contributed by atoms with Crippen LogP contribution in [0.2, 0.25) is 0 Å². The van der Waals surface area contributed by atoms with Crippen molar-refractivity contribution < 1.29 is 0 Å². The molecule has 0 spiro atoms. The van der Waals surface area contributed by atoms with Gasteiger partial charge >= 0.3 is 0 Å². The number of hydrogen-bond acceptors (Lipinski definition) is 0. The second kappa shape index (κ2) is 7.11. The minimum atomic E-state index is 1.03. The number of allylic oxidation sites excluding steroid dienone is 9. The predicted molar refractivity (Wildman–Crippen MR) is 61.6 cm³/mol. The molecule has 0 aromatic carbocycles. The molecule has 0 aliphatic rings. The molecule has 0 fully saturated rings. The van der Waals surface area contributed by atoms with E-state index in [-0.39, 0.29) is 0 Å². The third-order valence-electron chi connectivity index (χ3n) is 1.54. The predicted octanol–water partition coefficient (Wildman–Crippen LogP) is 3.97. The van der Waals surface area contributed by atoms with Crippen LogP contribution in [0.5, 0.6) is 0 Å². The van der Waals surface area contributed by atoms with Crippen LogP contribution in [-0.4, -0.2) is 0 Å². The smallest absolute Gasteiger partial charge is 0.0190 e. The molecule has 0 rings (SSSR count). The van der Waals surface area contributed by atoms with Crippen LogP contribution in [-0.2, 0) is 0 Å². The quantitative estimate of drug-likeness (QED) is 0.550. The van der Waals surface area contributed by atoms with Crippen LogP contribution in [0.3, 0.4) is 0 Å². The summed E-state index contributed by atoms with van der Waals surface area (Å²) in [7, 11) is 0. The fraction of sp³-hybridized carbons (Fsp3) is 0.0769. The van der Waals surface area contributed by atoms with E-state index in [0.717, 1.165) is 11.1 Å². The van der Waals surface area contributed by atoms with Crippen molar-refractivity contribution in [1.82, 2.24) is 0 Å². The van der Waals surface area contributed by atoms with Gasteiger partial charge in [-0.15, -0.1) is 0 Å². The van der Waals surface area contributed by atoms with Crippen molar-refractivity contribution in [3.8, 4) is 0 Å². The lowest BCUT2D eigenvalue weighted by atomic mass is 10.1. The summed E-state index contributed by atoms with van der Waals surface area (Å²) in [6, 6.07) is 0. The first-order valence-electron chi connectivity index (χ1n) is 4.21. The van der Waals surface area contributed by atoms with E-state index >= 15 is 0 Å². The van der Waals surface area contributed by atoms with Crippen LogP contribution in [0.1, 0.15) is 6.92 Å². The van der Waals surface area contributed by atoms with Gasteiger partial charge in [-0.25, -0.2) is 0 Å². The molecule has 0 N–H and O–H groups in total. The lowest BCUT2D eigenvalue weighted by molar-refractivity contribution is 1.55. The summed E-state index contributed by atoms with van der Waals surface area (Å²) in [4.78, 5) is 0. The first kappa shape index (κ1) is 11.4. The van der Waals surface area contributed by atoms with Crippen LogP contribution in [0, 0.1) is 0 Å². The van der Waals surface area contributed by atoms with E-state index < -0.39 is 0 Å². The Hall–Kier alpha value is -1.56. The summed E-state index contributed by atoms with van der Waals surface area (Å²) in [6.07, 6.45) is 13.2. The minimum absolute atomic E-state index is 1.03. The molecule has 0 amide bonds. The molecule has 0 heterocycles. The minimum Gasteiger partial charge on any atom is -0.0990 e. The summed E-state index contributed by atoms with van der Waals surface area (Å²) in [5.74, 6) is 0. The Labute approximate surface area is 81.0 Å². The van der Waals surface area contributed by atoms with Gasteiger partial charge in [0.15, 0.2) is 0 Å². The normalized spacial score (nSPS) is 13.0. The summed E-state index contributed by atoms with van der Waals surface area (Å²) < 4.78 is 0. The van der Waals surface area contributed by atoms with Gasteiger partial charge in [-0.3, -0.25) is 0 Å². The van der Waals surface area contributed by atoms with Gasteiger partial charge in [0.05, 0.1) is 0 Å². The third-order valence-corrected chi connectivity index (χ3v) is 1.54. The molecule has 0 atom stereocenters. The zero-order valence-electron chi connectivity index (χ0n) is 8.16. The average Bonchev–Trinajstić information content (AvgIpc) is 2.17. The van der Waals surface area contributed by atoms with E-state index in [1.807, 2.05) is 31.2 Å². The van der Waals surface area contributed by atoms with Crippen molar-refractivity contribution >= 4 is 0 Å². The van der Waals surface area contributed by atoms with Gasteiger partial charge in [0, 0.05) is 0 Å². The number of rotatable bonds is 5. The van der Waals surface area contributed by atoms with Gasteiger partial charge in [-0.2, -0.15) is 0 Å². The third kappa shape index (κ3) is 4.12. The van der Waals surface area contributed by atoms with Gasteiger partial charge in [0.2, 0.25) is 0 Å². The molecule has 0 radical (unpaired) electrons. The fourth-order valence-electron chi connectivity index (χ4n) is 0.891. The molecule has 0 nitrogen and oxygen atoms in total. The Kier molecular flexibility index (Phi) is 6.26. The highest BCUT2D eigenvalue weighted by molar-refractivity contribution is 5.47. The lowest BCUT2D eigenvalue weighted by Gasteiger charge is -1.99. The highest BCUT2D eigenvalue weighted by Gasteiger charge is 1.92. The van der Waals surface area contributed by atoms with Crippen LogP contribution < -0.4 is 0 Å². The molecule has 13 heavy (non-hydrogen) atoms.